The molecule has 0 aromatic carbocycles. The first-order chi connectivity index (χ1) is 41.6. The number of nitrogens with one attached hydrogen (secondary N) is 1. The van der Waals surface area contributed by atoms with Crippen molar-refractivity contribution in [2.24, 2.45) is 0 Å². The van der Waals surface area contributed by atoms with E-state index in [4.69, 9.17) is 18.9 Å². The van der Waals surface area contributed by atoms with E-state index in [1.807, 2.05) is 0 Å². The molecule has 85 heavy (non-hydrogen) atoms. The number of unbranched alkanes of at least 4 members (excludes halogenated alkanes) is 49. The molecular formula is C71H139NO13. The lowest BCUT2D eigenvalue weighted by Gasteiger charge is -2.46. The van der Waals surface area contributed by atoms with Gasteiger partial charge in [-0.3, -0.25) is 4.79 Å². The van der Waals surface area contributed by atoms with Crippen molar-refractivity contribution in [1.82, 2.24) is 5.32 Å². The molecule has 0 radical (unpaired) electrons. The summed E-state index contributed by atoms with van der Waals surface area (Å²) in [4.78, 5) is 13.3. The number of carbonyl (C=O) groups is 1. The standard InChI is InChI=1S/C71H139NO13/c1-3-5-7-9-11-13-15-17-19-21-22-23-24-25-26-27-28-29-30-31-32-33-34-35-36-37-38-39-41-43-45-47-49-51-53-55-63(76)72-59(60(75)54-52-50-48-46-44-42-40-20-18-16-14-12-10-8-6-4-2)58-82-70-68(81)66(79)69(62(57-74)84-70)85-71-67(80)65(78)64(77)61(56-73)83-71/h59-62,64-71,73-75,77-81H,3-58H2,1-2H3,(H,72,76)/t59-,60+,61+,62+,64-,65?,66?,67?,68?,69+,70+,71-/m0/s1. The third-order valence-electron chi connectivity index (χ3n) is 18.6. The summed E-state index contributed by atoms with van der Waals surface area (Å²) in [6.07, 6.45) is 51.5. The lowest BCUT2D eigenvalue weighted by Crippen LogP contribution is -2.65. The van der Waals surface area contributed by atoms with Crippen molar-refractivity contribution in [2.75, 3.05) is 19.8 Å². The summed E-state index contributed by atoms with van der Waals surface area (Å²) in [5.74, 6) is -0.197. The molecule has 2 aliphatic rings. The molecule has 2 rings (SSSR count). The van der Waals surface area contributed by atoms with Gasteiger partial charge in [0.05, 0.1) is 32.0 Å². The van der Waals surface area contributed by atoms with Crippen molar-refractivity contribution in [1.29, 1.82) is 0 Å². The molecule has 2 saturated heterocycles. The maximum Gasteiger partial charge on any atom is 0.220 e. The summed E-state index contributed by atoms with van der Waals surface area (Å²) in [7, 11) is 0. The van der Waals surface area contributed by atoms with Crippen LogP contribution in [0.1, 0.15) is 354 Å². The van der Waals surface area contributed by atoms with Crippen LogP contribution in [0.15, 0.2) is 0 Å². The minimum absolute atomic E-state index is 0.197. The molecule has 2 heterocycles. The van der Waals surface area contributed by atoms with Crippen LogP contribution >= 0.6 is 0 Å². The second-order valence-corrected chi connectivity index (χ2v) is 26.4. The molecule has 2 fully saturated rings. The molecule has 0 saturated carbocycles. The quantitative estimate of drug-likeness (QED) is 0.0259. The van der Waals surface area contributed by atoms with Gasteiger partial charge in [0.1, 0.15) is 48.8 Å². The Balaban J connectivity index is 1.57. The lowest BCUT2D eigenvalue weighted by atomic mass is 9.97. The van der Waals surface area contributed by atoms with Gasteiger partial charge < -0.3 is 65.1 Å². The number of amides is 1. The van der Waals surface area contributed by atoms with Crippen LogP contribution in [-0.2, 0) is 23.7 Å². The van der Waals surface area contributed by atoms with Crippen molar-refractivity contribution in [2.45, 2.75) is 428 Å². The summed E-state index contributed by atoms with van der Waals surface area (Å²) < 4.78 is 22.9. The second kappa shape index (κ2) is 56.9. The number of hydrogen-bond donors (Lipinski definition) is 9. The van der Waals surface area contributed by atoms with Crippen LogP contribution in [0.2, 0.25) is 0 Å². The third-order valence-corrected chi connectivity index (χ3v) is 18.6. The Hall–Kier alpha value is -1.01. The van der Waals surface area contributed by atoms with E-state index in [9.17, 15) is 45.6 Å². The molecule has 506 valence electrons. The van der Waals surface area contributed by atoms with Gasteiger partial charge in [-0.15, -0.1) is 0 Å². The molecule has 9 N–H and O–H groups in total. The van der Waals surface area contributed by atoms with Crippen LogP contribution in [0, 0.1) is 0 Å². The summed E-state index contributed by atoms with van der Waals surface area (Å²) in [6, 6.07) is -0.824. The highest BCUT2D eigenvalue weighted by Crippen LogP contribution is 2.30. The van der Waals surface area contributed by atoms with Gasteiger partial charge >= 0.3 is 0 Å². The fourth-order valence-corrected chi connectivity index (χ4v) is 12.7. The van der Waals surface area contributed by atoms with Crippen LogP contribution < -0.4 is 5.32 Å². The van der Waals surface area contributed by atoms with E-state index in [0.717, 1.165) is 51.4 Å². The number of ether oxygens (including phenoxy) is 4. The van der Waals surface area contributed by atoms with Gasteiger partial charge in [0.2, 0.25) is 5.91 Å². The topological polar surface area (TPSA) is 228 Å². The van der Waals surface area contributed by atoms with Gasteiger partial charge in [0, 0.05) is 6.42 Å². The molecule has 0 aromatic heterocycles. The molecule has 14 nitrogen and oxygen atoms in total. The maximum atomic E-state index is 13.3. The Kier molecular flexibility index (Phi) is 53.6. The molecular weight excluding hydrogens is 1070 g/mol. The molecule has 4 unspecified atom stereocenters. The summed E-state index contributed by atoms with van der Waals surface area (Å²) in [5.41, 5.74) is 0. The monoisotopic (exact) mass is 1210 g/mol. The van der Waals surface area contributed by atoms with E-state index in [1.165, 1.54) is 276 Å². The second-order valence-electron chi connectivity index (χ2n) is 26.4. The Morgan fingerprint density at radius 1 is 0.376 bits per heavy atom. The predicted molar refractivity (Wildman–Crippen MR) is 346 cm³/mol. The summed E-state index contributed by atoms with van der Waals surface area (Å²) in [6.45, 7) is 2.92. The largest absolute Gasteiger partial charge is 0.394 e. The first-order valence-electron chi connectivity index (χ1n) is 36.8. The number of carbonyl (C=O) groups excluding carboxylic acids is 1. The molecule has 0 bridgehead atoms. The van der Waals surface area contributed by atoms with Gasteiger partial charge in [0.25, 0.3) is 0 Å². The number of hydrogen-bond acceptors (Lipinski definition) is 13. The normalized spacial score (nSPS) is 23.4. The van der Waals surface area contributed by atoms with E-state index >= 15 is 0 Å². The Labute approximate surface area is 521 Å². The third kappa shape index (κ3) is 41.2. The van der Waals surface area contributed by atoms with Gasteiger partial charge in [-0.25, -0.2) is 0 Å². The van der Waals surface area contributed by atoms with Gasteiger partial charge in [0.15, 0.2) is 12.6 Å². The Bertz CT molecular complexity index is 1430. The van der Waals surface area contributed by atoms with Crippen LogP contribution in [0.5, 0.6) is 0 Å². The molecule has 0 aromatic rings. The zero-order valence-electron chi connectivity index (χ0n) is 55.1. The zero-order valence-corrected chi connectivity index (χ0v) is 55.1. The lowest BCUT2D eigenvalue weighted by molar-refractivity contribution is -0.359. The molecule has 2 aliphatic heterocycles. The highest BCUT2D eigenvalue weighted by molar-refractivity contribution is 5.76. The van der Waals surface area contributed by atoms with Gasteiger partial charge in [-0.05, 0) is 12.8 Å². The molecule has 0 aliphatic carbocycles. The minimum Gasteiger partial charge on any atom is -0.394 e. The molecule has 14 heteroatoms. The summed E-state index contributed by atoms with van der Waals surface area (Å²) >= 11 is 0. The van der Waals surface area contributed by atoms with Gasteiger partial charge in [-0.2, -0.15) is 0 Å². The minimum atomic E-state index is -1.78. The smallest absolute Gasteiger partial charge is 0.220 e. The van der Waals surface area contributed by atoms with Gasteiger partial charge in [-0.1, -0.05) is 335 Å². The molecule has 12 atom stereocenters. The Morgan fingerprint density at radius 2 is 0.671 bits per heavy atom. The maximum absolute atomic E-state index is 13.3. The van der Waals surface area contributed by atoms with E-state index in [1.54, 1.807) is 0 Å². The number of aliphatic hydroxyl groups excluding tert-OH is 8. The van der Waals surface area contributed by atoms with E-state index in [0.29, 0.717) is 12.8 Å². The predicted octanol–water partition coefficient (Wildman–Crippen LogP) is 15.2. The van der Waals surface area contributed by atoms with Crippen LogP contribution in [0.25, 0.3) is 0 Å². The number of aliphatic hydroxyl groups is 8. The first kappa shape index (κ1) is 80.1. The van der Waals surface area contributed by atoms with E-state index in [2.05, 4.69) is 19.2 Å². The van der Waals surface area contributed by atoms with Crippen LogP contribution in [0.3, 0.4) is 0 Å². The van der Waals surface area contributed by atoms with Crippen LogP contribution in [-0.4, -0.2) is 140 Å². The van der Waals surface area contributed by atoms with Crippen molar-refractivity contribution >= 4 is 5.91 Å². The van der Waals surface area contributed by atoms with E-state index < -0.39 is 86.8 Å². The highest BCUT2D eigenvalue weighted by atomic mass is 16.7. The van der Waals surface area contributed by atoms with Crippen LogP contribution in [0.4, 0.5) is 0 Å². The number of rotatable bonds is 62. The highest BCUT2D eigenvalue weighted by Gasteiger charge is 2.51. The zero-order chi connectivity index (χ0) is 61.6. The molecule has 1 amide bonds. The average Bonchev–Trinajstić information content (AvgIpc) is 3.70. The summed E-state index contributed by atoms with van der Waals surface area (Å²) in [5, 5.41) is 87.5. The first-order valence-corrected chi connectivity index (χ1v) is 36.8. The van der Waals surface area contributed by atoms with Crippen molar-refractivity contribution < 1.29 is 64.6 Å². The van der Waals surface area contributed by atoms with E-state index in [-0.39, 0.29) is 12.5 Å². The Morgan fingerprint density at radius 3 is 1.00 bits per heavy atom. The van der Waals surface area contributed by atoms with Crippen molar-refractivity contribution in [3.8, 4) is 0 Å². The fraction of sp³-hybridized carbons (Fsp3) is 0.986. The fourth-order valence-electron chi connectivity index (χ4n) is 12.7. The molecule has 0 spiro atoms. The van der Waals surface area contributed by atoms with Crippen molar-refractivity contribution in [3.63, 3.8) is 0 Å². The average molecular weight is 1210 g/mol. The SMILES string of the molecule is CCCCCCCCCCCCCCCCCCCCCCCCCCCCCCCCCCCCCC(=O)N[C@@H](CO[C@@H]1O[C@H](CO)[C@@H](O[C@@H]2O[C@H](CO)[C@H](O)C(O)C2O)C(O)C1O)[C@H](O)CCCCCCCCCCCCCCCCCC. The van der Waals surface area contributed by atoms with Crippen molar-refractivity contribution in [3.05, 3.63) is 0 Å².